The number of likely N-dealkylation sites (tertiary alicyclic amines) is 1. The van der Waals surface area contributed by atoms with Gasteiger partial charge in [0.05, 0.1) is 11.0 Å². The van der Waals surface area contributed by atoms with E-state index in [9.17, 15) is 19.7 Å². The minimum Gasteiger partial charge on any atom is -0.332 e. The van der Waals surface area contributed by atoms with E-state index in [4.69, 9.17) is 5.73 Å². The summed E-state index contributed by atoms with van der Waals surface area (Å²) in [6, 6.07) is 22.6. The number of non-ortho nitro benzene ring substituents is 1. The number of nitrogens with zero attached hydrogens (tertiary/aromatic N) is 2. The zero-order valence-electron chi connectivity index (χ0n) is 20.0. The van der Waals surface area contributed by atoms with E-state index < -0.39 is 11.0 Å². The summed E-state index contributed by atoms with van der Waals surface area (Å²) in [7, 11) is 0. The maximum absolute atomic E-state index is 13.4. The van der Waals surface area contributed by atoms with Crippen molar-refractivity contribution in [3.05, 3.63) is 122 Å². The molecule has 1 fully saturated rings. The Kier molecular flexibility index (Phi) is 7.51. The molecule has 0 spiro atoms. The Balaban J connectivity index is 1.64. The number of benzene rings is 3. The molecule has 0 aliphatic carbocycles. The fourth-order valence-electron chi connectivity index (χ4n) is 4.14. The van der Waals surface area contributed by atoms with E-state index >= 15 is 0 Å². The first-order valence-corrected chi connectivity index (χ1v) is 11.7. The smallest absolute Gasteiger partial charge is 0.269 e. The van der Waals surface area contributed by atoms with Crippen LogP contribution in [0.25, 0.3) is 12.2 Å². The Labute approximate surface area is 209 Å². The van der Waals surface area contributed by atoms with Gasteiger partial charge in [-0.15, -0.1) is 0 Å². The summed E-state index contributed by atoms with van der Waals surface area (Å²) < 4.78 is 0. The van der Waals surface area contributed by atoms with E-state index in [0.717, 1.165) is 16.7 Å². The molecule has 3 aromatic rings. The molecule has 1 heterocycles. The molecule has 1 atom stereocenters. The predicted molar refractivity (Wildman–Crippen MR) is 140 cm³/mol. The molecule has 0 radical (unpaired) electrons. The highest BCUT2D eigenvalue weighted by atomic mass is 16.6. The molecule has 1 saturated heterocycles. The van der Waals surface area contributed by atoms with Crippen molar-refractivity contribution in [2.24, 2.45) is 5.73 Å². The van der Waals surface area contributed by atoms with Crippen molar-refractivity contribution in [2.45, 2.75) is 19.4 Å². The molecule has 7 nitrogen and oxygen atoms in total. The number of nitro benzene ring substituents is 1. The molecule has 0 bridgehead atoms. The fourth-order valence-corrected chi connectivity index (χ4v) is 4.14. The molecule has 7 heteroatoms. The molecule has 0 unspecified atom stereocenters. The molecule has 36 heavy (non-hydrogen) atoms. The van der Waals surface area contributed by atoms with Crippen molar-refractivity contribution < 1.29 is 14.5 Å². The van der Waals surface area contributed by atoms with Crippen molar-refractivity contribution in [3.63, 3.8) is 0 Å². The van der Waals surface area contributed by atoms with Crippen LogP contribution in [0.4, 0.5) is 5.69 Å². The first-order valence-electron chi connectivity index (χ1n) is 11.7. The van der Waals surface area contributed by atoms with Crippen LogP contribution in [0.1, 0.15) is 22.3 Å². The number of rotatable bonds is 6. The first-order chi connectivity index (χ1) is 17.3. The van der Waals surface area contributed by atoms with Crippen molar-refractivity contribution in [1.29, 1.82) is 0 Å². The summed E-state index contributed by atoms with van der Waals surface area (Å²) in [5, 5.41) is 11.0. The molecule has 1 amide bonds. The molecule has 182 valence electrons. The number of nitrogens with two attached hydrogens (primary N) is 1. The molecule has 2 N–H and O–H groups in total. The van der Waals surface area contributed by atoms with Crippen LogP contribution in [-0.2, 0) is 16.0 Å². The lowest BCUT2D eigenvalue weighted by atomic mass is 9.93. The number of amides is 1. The van der Waals surface area contributed by atoms with Gasteiger partial charge >= 0.3 is 0 Å². The van der Waals surface area contributed by atoms with Crippen LogP contribution < -0.4 is 5.73 Å². The zero-order chi connectivity index (χ0) is 25.7. The van der Waals surface area contributed by atoms with Crippen LogP contribution in [0.5, 0.6) is 0 Å². The highest BCUT2D eigenvalue weighted by Gasteiger charge is 2.31. The van der Waals surface area contributed by atoms with Gasteiger partial charge in [0.25, 0.3) is 5.69 Å². The lowest BCUT2D eigenvalue weighted by Gasteiger charge is -2.32. The van der Waals surface area contributed by atoms with E-state index in [2.05, 4.69) is 0 Å². The van der Waals surface area contributed by atoms with Gasteiger partial charge in [-0.3, -0.25) is 19.7 Å². The summed E-state index contributed by atoms with van der Waals surface area (Å²) >= 11 is 0. The van der Waals surface area contributed by atoms with Gasteiger partial charge in [0.2, 0.25) is 5.91 Å². The van der Waals surface area contributed by atoms with Crippen molar-refractivity contribution in [1.82, 2.24) is 4.90 Å². The van der Waals surface area contributed by atoms with Gasteiger partial charge in [0, 0.05) is 36.4 Å². The number of carbonyl (C=O) groups is 2. The van der Waals surface area contributed by atoms with Gasteiger partial charge in [0.15, 0.2) is 5.78 Å². The summed E-state index contributed by atoms with van der Waals surface area (Å²) in [6.07, 6.45) is 3.87. The Morgan fingerprint density at radius 3 is 2.00 bits per heavy atom. The minimum absolute atomic E-state index is 0.0317. The maximum Gasteiger partial charge on any atom is 0.269 e. The number of carbonyl (C=O) groups excluding carboxylic acids is 2. The third kappa shape index (κ3) is 6.00. The summed E-state index contributed by atoms with van der Waals surface area (Å²) in [5.41, 5.74) is 10.7. The fraction of sp³-hybridized carbons (Fsp3) is 0.172. The third-order valence-corrected chi connectivity index (χ3v) is 6.10. The Morgan fingerprint density at radius 1 is 0.944 bits per heavy atom. The van der Waals surface area contributed by atoms with Crippen molar-refractivity contribution in [2.75, 3.05) is 13.1 Å². The molecular weight excluding hydrogens is 454 g/mol. The number of hydrogen-bond acceptors (Lipinski definition) is 5. The Morgan fingerprint density at radius 2 is 1.47 bits per heavy atom. The molecule has 3 aromatic carbocycles. The highest BCUT2D eigenvalue weighted by molar-refractivity contribution is 6.15. The monoisotopic (exact) mass is 481 g/mol. The average Bonchev–Trinajstić information content (AvgIpc) is 2.88. The summed E-state index contributed by atoms with van der Waals surface area (Å²) in [5.74, 6) is -0.398. The average molecular weight is 482 g/mol. The Hall–Kier alpha value is -4.36. The SMILES string of the molecule is Cc1ccc(/C=C2\CN(C(=O)[C@@H](N)Cc3ccccc3)C/C(=C\c3ccc([N+](=O)[O-])cc3)C2=O)cc1. The molecule has 1 aliphatic heterocycles. The molecule has 0 saturated carbocycles. The molecule has 0 aromatic heterocycles. The third-order valence-electron chi connectivity index (χ3n) is 6.10. The minimum atomic E-state index is -0.748. The number of aryl methyl sites for hydroxylation is 1. The standard InChI is InChI=1S/C29H27N3O4/c1-20-7-9-22(10-8-20)15-24-18-31(29(34)27(30)17-21-5-3-2-4-6-21)19-25(28(24)33)16-23-11-13-26(14-12-23)32(35)36/h2-16,27H,17-19,30H2,1H3/b24-15+,25-16+/t27-/m0/s1. The van der Waals surface area contributed by atoms with E-state index in [1.807, 2.05) is 61.5 Å². The van der Waals surface area contributed by atoms with Crippen molar-refractivity contribution >= 4 is 29.5 Å². The van der Waals surface area contributed by atoms with Gasteiger partial charge in [-0.1, -0.05) is 60.2 Å². The van der Waals surface area contributed by atoms with Crippen LogP contribution in [0, 0.1) is 17.0 Å². The van der Waals surface area contributed by atoms with Crippen LogP contribution >= 0.6 is 0 Å². The quantitative estimate of drug-likeness (QED) is 0.320. The van der Waals surface area contributed by atoms with E-state index in [1.54, 1.807) is 29.2 Å². The van der Waals surface area contributed by atoms with Gasteiger partial charge in [-0.05, 0) is 54.3 Å². The number of hydrogen-bond donors (Lipinski definition) is 1. The molecule has 4 rings (SSSR count). The normalized spacial score (nSPS) is 16.8. The summed E-state index contributed by atoms with van der Waals surface area (Å²) in [4.78, 5) is 38.8. The van der Waals surface area contributed by atoms with E-state index in [1.165, 1.54) is 12.1 Å². The van der Waals surface area contributed by atoms with Gasteiger partial charge in [-0.2, -0.15) is 0 Å². The second-order valence-electron chi connectivity index (χ2n) is 8.92. The zero-order valence-corrected chi connectivity index (χ0v) is 20.0. The number of nitro groups is 1. The topological polar surface area (TPSA) is 107 Å². The van der Waals surface area contributed by atoms with Crippen LogP contribution in [-0.4, -0.2) is 40.6 Å². The second kappa shape index (κ2) is 10.9. The maximum atomic E-state index is 13.4. The summed E-state index contributed by atoms with van der Waals surface area (Å²) in [6.45, 7) is 2.26. The number of ketones is 1. The van der Waals surface area contributed by atoms with Crippen LogP contribution in [0.15, 0.2) is 90.0 Å². The van der Waals surface area contributed by atoms with E-state index in [0.29, 0.717) is 23.1 Å². The second-order valence-corrected chi connectivity index (χ2v) is 8.92. The largest absolute Gasteiger partial charge is 0.332 e. The van der Waals surface area contributed by atoms with Gasteiger partial charge in [0.1, 0.15) is 0 Å². The van der Waals surface area contributed by atoms with Crippen molar-refractivity contribution in [3.8, 4) is 0 Å². The predicted octanol–water partition coefficient (Wildman–Crippen LogP) is 4.35. The number of piperidine rings is 1. The lowest BCUT2D eigenvalue weighted by Crippen LogP contribution is -2.49. The van der Waals surface area contributed by atoms with Gasteiger partial charge < -0.3 is 10.6 Å². The molecule has 1 aliphatic rings. The Bertz CT molecular complexity index is 1330. The van der Waals surface area contributed by atoms with Gasteiger partial charge in [-0.25, -0.2) is 0 Å². The molecular formula is C29H27N3O4. The number of Topliss-reactive ketones (excluding diaryl/α,β-unsaturated/α-hetero) is 1. The van der Waals surface area contributed by atoms with Crippen LogP contribution in [0.2, 0.25) is 0 Å². The first kappa shape index (κ1) is 24.8. The lowest BCUT2D eigenvalue weighted by molar-refractivity contribution is -0.384. The highest BCUT2D eigenvalue weighted by Crippen LogP contribution is 2.24. The van der Waals surface area contributed by atoms with Crippen LogP contribution in [0.3, 0.4) is 0 Å². The van der Waals surface area contributed by atoms with E-state index in [-0.39, 0.29) is 30.5 Å².